The van der Waals surface area contributed by atoms with Gasteiger partial charge >= 0.3 is 0 Å². The normalized spacial score (nSPS) is 11.8. The third-order valence-electron chi connectivity index (χ3n) is 2.60. The molecule has 0 aliphatic carbocycles. The molecule has 0 atom stereocenters. The maximum absolute atomic E-state index is 12.0. The summed E-state index contributed by atoms with van der Waals surface area (Å²) in [6.07, 6.45) is 1.19. The highest BCUT2D eigenvalue weighted by Gasteiger charge is 2.21. The van der Waals surface area contributed by atoms with E-state index in [-0.39, 0.29) is 23.7 Å². The molecule has 7 heteroatoms. The predicted molar refractivity (Wildman–Crippen MR) is 70.2 cm³/mol. The maximum Gasteiger partial charge on any atom is 0.287 e. The van der Waals surface area contributed by atoms with E-state index in [1.54, 1.807) is 18.7 Å². The average Bonchev–Trinajstić information content (AvgIpc) is 2.75. The maximum atomic E-state index is 12.0. The lowest BCUT2D eigenvalue weighted by atomic mass is 10.1. The first-order valence-corrected chi connectivity index (χ1v) is 6.03. The van der Waals surface area contributed by atoms with Crippen LogP contribution in [-0.4, -0.2) is 50.9 Å². The van der Waals surface area contributed by atoms with Gasteiger partial charge in [-0.3, -0.25) is 19.8 Å². The summed E-state index contributed by atoms with van der Waals surface area (Å²) < 4.78 is 0. The van der Waals surface area contributed by atoms with Crippen molar-refractivity contribution in [2.75, 3.05) is 19.6 Å². The second kappa shape index (κ2) is 5.94. The quantitative estimate of drug-likeness (QED) is 0.440. The van der Waals surface area contributed by atoms with Gasteiger partial charge in [0.2, 0.25) is 0 Å². The van der Waals surface area contributed by atoms with Crippen molar-refractivity contribution < 1.29 is 14.8 Å². The minimum absolute atomic E-state index is 0.109. The number of nitrogens with zero attached hydrogens (tertiary/aromatic N) is 2. The lowest BCUT2D eigenvalue weighted by molar-refractivity contribution is -0.384. The van der Waals surface area contributed by atoms with Gasteiger partial charge < -0.3 is 10.1 Å². The first-order valence-electron chi connectivity index (χ1n) is 6.03. The van der Waals surface area contributed by atoms with Crippen molar-refractivity contribution in [3.63, 3.8) is 0 Å². The fourth-order valence-electron chi connectivity index (χ4n) is 1.76. The highest BCUT2D eigenvalue weighted by Crippen LogP contribution is 2.13. The van der Waals surface area contributed by atoms with E-state index in [4.69, 9.17) is 0 Å². The second-order valence-corrected chi connectivity index (χ2v) is 5.07. The molecule has 1 aromatic heterocycles. The molecule has 0 bridgehead atoms. The van der Waals surface area contributed by atoms with Crippen LogP contribution in [0.15, 0.2) is 12.3 Å². The van der Waals surface area contributed by atoms with Crippen molar-refractivity contribution in [1.82, 2.24) is 9.88 Å². The van der Waals surface area contributed by atoms with Crippen LogP contribution in [0.25, 0.3) is 0 Å². The summed E-state index contributed by atoms with van der Waals surface area (Å²) in [6, 6.07) is 1.22. The lowest BCUT2D eigenvalue weighted by Crippen LogP contribution is -2.41. The molecule has 0 aromatic carbocycles. The van der Waals surface area contributed by atoms with Crippen LogP contribution >= 0.6 is 0 Å². The van der Waals surface area contributed by atoms with Crippen molar-refractivity contribution in [1.29, 1.82) is 0 Å². The summed E-state index contributed by atoms with van der Waals surface area (Å²) in [7, 11) is 0. The monoisotopic (exact) mass is 269 g/mol. The molecule has 7 nitrogen and oxygen atoms in total. The molecule has 0 spiro atoms. The van der Waals surface area contributed by atoms with Crippen molar-refractivity contribution in [2.45, 2.75) is 26.4 Å². The van der Waals surface area contributed by atoms with Gasteiger partial charge in [0.05, 0.1) is 29.0 Å². The summed E-state index contributed by atoms with van der Waals surface area (Å²) in [4.78, 5) is 26.3. The van der Waals surface area contributed by atoms with Gasteiger partial charge in [-0.2, -0.15) is 0 Å². The number of nitro groups is 1. The molecule has 0 fully saturated rings. The molecule has 0 amide bonds. The number of ketones is 1. The minimum Gasteiger partial charge on any atom is -0.389 e. The Morgan fingerprint density at radius 2 is 2.21 bits per heavy atom. The molecule has 1 heterocycles. The van der Waals surface area contributed by atoms with E-state index in [0.29, 0.717) is 13.1 Å². The smallest absolute Gasteiger partial charge is 0.287 e. The fraction of sp³-hybridized carbons (Fsp3) is 0.583. The van der Waals surface area contributed by atoms with Gasteiger partial charge in [0.25, 0.3) is 5.69 Å². The number of carbonyl (C=O) groups excluding carboxylic acids is 1. The number of aromatic nitrogens is 1. The number of likely N-dealkylation sites (N-methyl/N-ethyl adjacent to an activating group) is 1. The van der Waals surface area contributed by atoms with Gasteiger partial charge in [-0.25, -0.2) is 0 Å². The van der Waals surface area contributed by atoms with Crippen LogP contribution in [0.2, 0.25) is 0 Å². The molecule has 0 aliphatic heterocycles. The summed E-state index contributed by atoms with van der Waals surface area (Å²) in [5.41, 5.74) is -0.812. The van der Waals surface area contributed by atoms with Crippen LogP contribution in [0.3, 0.4) is 0 Å². The van der Waals surface area contributed by atoms with Gasteiger partial charge in [-0.05, 0) is 20.4 Å². The number of rotatable bonds is 7. The van der Waals surface area contributed by atoms with Crippen molar-refractivity contribution in [3.05, 3.63) is 28.1 Å². The SMILES string of the molecule is CCN(CC(=O)c1cc([N+](=O)[O-])c[nH]1)CC(C)(C)O. The van der Waals surface area contributed by atoms with Gasteiger partial charge in [-0.15, -0.1) is 0 Å². The van der Waals surface area contributed by atoms with Crippen LogP contribution in [0.4, 0.5) is 5.69 Å². The Morgan fingerprint density at radius 1 is 1.58 bits per heavy atom. The molecule has 0 saturated heterocycles. The standard InChI is InChI=1S/C12H19N3O4/c1-4-14(8-12(2,3)17)7-11(16)10-5-9(6-13-10)15(18)19/h5-6,13,17H,4,7-8H2,1-3H3. The minimum atomic E-state index is -0.891. The number of nitrogens with one attached hydrogen (secondary N) is 1. The molecule has 1 aromatic rings. The van der Waals surface area contributed by atoms with Crippen LogP contribution in [-0.2, 0) is 0 Å². The lowest BCUT2D eigenvalue weighted by Gasteiger charge is -2.27. The fourth-order valence-corrected chi connectivity index (χ4v) is 1.76. The zero-order chi connectivity index (χ0) is 14.6. The molecule has 1 rings (SSSR count). The number of H-pyrrole nitrogens is 1. The van der Waals surface area contributed by atoms with Crippen LogP contribution in [0.5, 0.6) is 0 Å². The molecule has 0 unspecified atom stereocenters. The largest absolute Gasteiger partial charge is 0.389 e. The Kier molecular flexibility index (Phi) is 4.79. The number of carbonyl (C=O) groups is 1. The Balaban J connectivity index is 2.69. The second-order valence-electron chi connectivity index (χ2n) is 5.07. The van der Waals surface area contributed by atoms with Crippen molar-refractivity contribution in [3.8, 4) is 0 Å². The van der Waals surface area contributed by atoms with Gasteiger partial charge in [0, 0.05) is 12.6 Å². The number of aromatic amines is 1. The van der Waals surface area contributed by atoms with E-state index in [1.807, 2.05) is 6.92 Å². The summed E-state index contributed by atoms with van der Waals surface area (Å²) in [5, 5.41) is 20.3. The summed E-state index contributed by atoms with van der Waals surface area (Å²) in [5.74, 6) is -0.237. The molecular formula is C12H19N3O4. The zero-order valence-corrected chi connectivity index (χ0v) is 11.3. The molecule has 0 aliphatic rings. The molecule has 0 saturated carbocycles. The zero-order valence-electron chi connectivity index (χ0n) is 11.3. The molecular weight excluding hydrogens is 250 g/mol. The van der Waals surface area contributed by atoms with Gasteiger partial charge in [-0.1, -0.05) is 6.92 Å². The Bertz CT molecular complexity index is 462. The van der Waals surface area contributed by atoms with E-state index in [1.165, 1.54) is 12.3 Å². The number of hydrogen-bond donors (Lipinski definition) is 2. The van der Waals surface area contributed by atoms with Gasteiger partial charge in [0.15, 0.2) is 5.78 Å². The summed E-state index contributed by atoms with van der Waals surface area (Å²) in [6.45, 7) is 6.30. The number of aliphatic hydroxyl groups is 1. The third kappa shape index (κ3) is 4.80. The first-order chi connectivity index (χ1) is 8.73. The van der Waals surface area contributed by atoms with Crippen molar-refractivity contribution in [2.24, 2.45) is 0 Å². The van der Waals surface area contributed by atoms with Gasteiger partial charge in [0.1, 0.15) is 0 Å². The van der Waals surface area contributed by atoms with E-state index in [2.05, 4.69) is 4.98 Å². The van der Waals surface area contributed by atoms with Crippen LogP contribution < -0.4 is 0 Å². The summed E-state index contributed by atoms with van der Waals surface area (Å²) >= 11 is 0. The molecule has 2 N–H and O–H groups in total. The van der Waals surface area contributed by atoms with Crippen molar-refractivity contribution >= 4 is 11.5 Å². The highest BCUT2D eigenvalue weighted by atomic mass is 16.6. The predicted octanol–water partition coefficient (Wildman–Crippen LogP) is 1.20. The average molecular weight is 269 g/mol. The van der Waals surface area contributed by atoms with Crippen LogP contribution in [0, 0.1) is 10.1 Å². The van der Waals surface area contributed by atoms with E-state index in [9.17, 15) is 20.0 Å². The molecule has 0 radical (unpaired) electrons. The van der Waals surface area contributed by atoms with E-state index < -0.39 is 10.5 Å². The highest BCUT2D eigenvalue weighted by molar-refractivity contribution is 5.96. The van der Waals surface area contributed by atoms with E-state index in [0.717, 1.165) is 0 Å². The Morgan fingerprint density at radius 3 is 2.63 bits per heavy atom. The topological polar surface area (TPSA) is 99.5 Å². The van der Waals surface area contributed by atoms with E-state index >= 15 is 0 Å². The third-order valence-corrected chi connectivity index (χ3v) is 2.60. The molecule has 19 heavy (non-hydrogen) atoms. The molecule has 106 valence electrons. The first kappa shape index (κ1) is 15.3. The van der Waals surface area contributed by atoms with Crippen LogP contribution in [0.1, 0.15) is 31.3 Å². The number of Topliss-reactive ketones (excluding diaryl/α,β-unsaturated/α-hetero) is 1. The Hall–Kier alpha value is -1.73. The number of hydrogen-bond acceptors (Lipinski definition) is 5. The Labute approximate surface area is 111 Å².